The van der Waals surface area contributed by atoms with Gasteiger partial charge < -0.3 is 4.57 Å². The topological polar surface area (TPSA) is 55.9 Å². The molecule has 6 heteroatoms. The smallest absolute Gasteiger partial charge is 0.131 e. The van der Waals surface area contributed by atoms with Crippen LogP contribution in [0.4, 0.5) is 4.39 Å². The maximum Gasteiger partial charge on any atom is 0.131 e. The largest absolute Gasteiger partial charge is 0.336 e. The lowest BCUT2D eigenvalue weighted by atomic mass is 10.1. The number of benzene rings is 1. The molecular formula is C11H12ClFN4. The van der Waals surface area contributed by atoms with Crippen LogP contribution < -0.4 is 11.3 Å². The lowest BCUT2D eigenvalue weighted by Crippen LogP contribution is -2.31. The minimum absolute atomic E-state index is 0.370. The fourth-order valence-electron chi connectivity index (χ4n) is 1.69. The Kier molecular flexibility index (Phi) is 3.42. The average molecular weight is 255 g/mol. The molecule has 90 valence electrons. The van der Waals surface area contributed by atoms with Gasteiger partial charge in [-0.1, -0.05) is 11.6 Å². The molecule has 1 heterocycles. The molecule has 4 nitrogen and oxygen atoms in total. The number of nitrogens with two attached hydrogens (primary N) is 1. The van der Waals surface area contributed by atoms with E-state index >= 15 is 0 Å². The van der Waals surface area contributed by atoms with E-state index in [9.17, 15) is 4.39 Å². The zero-order valence-electron chi connectivity index (χ0n) is 9.19. The highest BCUT2D eigenvalue weighted by Crippen LogP contribution is 2.25. The second-order valence-corrected chi connectivity index (χ2v) is 4.10. The van der Waals surface area contributed by atoms with E-state index in [1.165, 1.54) is 18.2 Å². The summed E-state index contributed by atoms with van der Waals surface area (Å²) in [5, 5.41) is 0.454. The first-order chi connectivity index (χ1) is 8.13. The van der Waals surface area contributed by atoms with E-state index in [0.717, 1.165) is 0 Å². The summed E-state index contributed by atoms with van der Waals surface area (Å²) in [6, 6.07) is 3.81. The van der Waals surface area contributed by atoms with E-state index in [4.69, 9.17) is 17.4 Å². The van der Waals surface area contributed by atoms with Crippen molar-refractivity contribution < 1.29 is 4.39 Å². The molecule has 0 bridgehead atoms. The molecule has 2 rings (SSSR count). The lowest BCUT2D eigenvalue weighted by Gasteiger charge is -2.17. The summed E-state index contributed by atoms with van der Waals surface area (Å²) in [5.74, 6) is 5.72. The van der Waals surface area contributed by atoms with Crippen LogP contribution in [0.25, 0.3) is 0 Å². The summed E-state index contributed by atoms with van der Waals surface area (Å²) in [5.41, 5.74) is 2.92. The lowest BCUT2D eigenvalue weighted by molar-refractivity contribution is 0.533. The Labute approximate surface area is 103 Å². The number of halogens is 2. The normalized spacial score (nSPS) is 12.7. The van der Waals surface area contributed by atoms with Crippen molar-refractivity contribution >= 4 is 11.6 Å². The van der Waals surface area contributed by atoms with E-state index in [2.05, 4.69) is 10.4 Å². The van der Waals surface area contributed by atoms with Gasteiger partial charge >= 0.3 is 0 Å². The van der Waals surface area contributed by atoms with E-state index < -0.39 is 6.04 Å². The Balaban J connectivity index is 2.49. The fourth-order valence-corrected chi connectivity index (χ4v) is 1.88. The molecule has 0 spiro atoms. The van der Waals surface area contributed by atoms with Crippen LogP contribution in [-0.4, -0.2) is 9.55 Å². The summed E-state index contributed by atoms with van der Waals surface area (Å²) in [7, 11) is 1.81. The van der Waals surface area contributed by atoms with Gasteiger partial charge in [-0.15, -0.1) is 0 Å². The predicted octanol–water partition coefficient (Wildman–Crippen LogP) is 1.77. The average Bonchev–Trinajstić information content (AvgIpc) is 2.71. The van der Waals surface area contributed by atoms with E-state index in [0.29, 0.717) is 16.4 Å². The molecule has 3 N–H and O–H groups in total. The Morgan fingerprint density at radius 2 is 2.29 bits per heavy atom. The number of nitrogens with one attached hydrogen (secondary N) is 1. The summed E-state index contributed by atoms with van der Waals surface area (Å²) in [6.45, 7) is 0. The van der Waals surface area contributed by atoms with Gasteiger partial charge in [-0.3, -0.25) is 5.84 Å². The predicted molar refractivity (Wildman–Crippen MR) is 63.8 cm³/mol. The number of imidazole rings is 1. The quantitative estimate of drug-likeness (QED) is 0.648. The summed E-state index contributed by atoms with van der Waals surface area (Å²) < 4.78 is 15.5. The number of nitrogens with zero attached hydrogens (tertiary/aromatic N) is 2. The van der Waals surface area contributed by atoms with Gasteiger partial charge in [-0.25, -0.2) is 14.8 Å². The first kappa shape index (κ1) is 12.0. The van der Waals surface area contributed by atoms with Gasteiger partial charge in [0.1, 0.15) is 17.7 Å². The van der Waals surface area contributed by atoms with Crippen molar-refractivity contribution in [1.29, 1.82) is 0 Å². The van der Waals surface area contributed by atoms with Gasteiger partial charge in [0.15, 0.2) is 0 Å². The highest BCUT2D eigenvalue weighted by Gasteiger charge is 2.20. The molecule has 0 radical (unpaired) electrons. The second-order valence-electron chi connectivity index (χ2n) is 3.66. The van der Waals surface area contributed by atoms with Gasteiger partial charge in [0.25, 0.3) is 0 Å². The van der Waals surface area contributed by atoms with Crippen molar-refractivity contribution in [3.63, 3.8) is 0 Å². The third-order valence-corrected chi connectivity index (χ3v) is 2.79. The second kappa shape index (κ2) is 4.83. The van der Waals surface area contributed by atoms with E-state index in [1.807, 2.05) is 7.05 Å². The van der Waals surface area contributed by atoms with Crippen LogP contribution in [0.5, 0.6) is 0 Å². The molecule has 0 saturated carbocycles. The monoisotopic (exact) mass is 254 g/mol. The fraction of sp³-hybridized carbons (Fsp3) is 0.182. The van der Waals surface area contributed by atoms with Crippen LogP contribution in [0.1, 0.15) is 17.4 Å². The molecule has 0 aliphatic carbocycles. The summed E-state index contributed by atoms with van der Waals surface area (Å²) >= 11 is 5.86. The van der Waals surface area contributed by atoms with Gasteiger partial charge in [-0.05, 0) is 18.2 Å². The zero-order chi connectivity index (χ0) is 12.4. The van der Waals surface area contributed by atoms with Crippen LogP contribution in [0.3, 0.4) is 0 Å². The zero-order valence-corrected chi connectivity index (χ0v) is 9.95. The van der Waals surface area contributed by atoms with Gasteiger partial charge in [-0.2, -0.15) is 0 Å². The van der Waals surface area contributed by atoms with Crippen molar-refractivity contribution in [2.75, 3.05) is 0 Å². The summed E-state index contributed by atoms with van der Waals surface area (Å²) in [4.78, 5) is 4.14. The van der Waals surface area contributed by atoms with Crippen molar-refractivity contribution in [3.05, 3.63) is 52.8 Å². The molecule has 2 aromatic rings. The van der Waals surface area contributed by atoms with Crippen LogP contribution in [0.15, 0.2) is 30.6 Å². The van der Waals surface area contributed by atoms with Crippen molar-refractivity contribution in [2.45, 2.75) is 6.04 Å². The van der Waals surface area contributed by atoms with Gasteiger partial charge in [0.05, 0.1) is 0 Å². The Hall–Kier alpha value is -1.43. The Bertz CT molecular complexity index is 526. The van der Waals surface area contributed by atoms with Gasteiger partial charge in [0.2, 0.25) is 0 Å². The molecule has 0 saturated heterocycles. The molecule has 0 aliphatic rings. The molecule has 0 fully saturated rings. The number of rotatable bonds is 3. The number of aromatic nitrogens is 2. The maximum absolute atomic E-state index is 13.7. The molecule has 0 aliphatic heterocycles. The molecule has 1 unspecified atom stereocenters. The van der Waals surface area contributed by atoms with Crippen molar-refractivity contribution in [3.8, 4) is 0 Å². The van der Waals surface area contributed by atoms with Crippen LogP contribution in [-0.2, 0) is 7.05 Å². The number of aryl methyl sites for hydroxylation is 1. The van der Waals surface area contributed by atoms with Crippen LogP contribution in [0.2, 0.25) is 5.02 Å². The van der Waals surface area contributed by atoms with Crippen molar-refractivity contribution in [2.24, 2.45) is 12.9 Å². The molecule has 1 aromatic heterocycles. The third kappa shape index (κ3) is 2.31. The highest BCUT2D eigenvalue weighted by molar-refractivity contribution is 6.30. The van der Waals surface area contributed by atoms with E-state index in [1.54, 1.807) is 17.0 Å². The molecule has 1 atom stereocenters. The first-order valence-corrected chi connectivity index (χ1v) is 5.39. The number of hydrazine groups is 1. The first-order valence-electron chi connectivity index (χ1n) is 5.01. The third-order valence-electron chi connectivity index (χ3n) is 2.55. The van der Waals surface area contributed by atoms with Crippen LogP contribution >= 0.6 is 11.6 Å². The Morgan fingerprint density at radius 1 is 1.53 bits per heavy atom. The Morgan fingerprint density at radius 3 is 2.88 bits per heavy atom. The summed E-state index contributed by atoms with van der Waals surface area (Å²) in [6.07, 6.45) is 3.39. The molecule has 17 heavy (non-hydrogen) atoms. The SMILES string of the molecule is Cn1ccnc1C(NN)c1cc(Cl)ccc1F. The molecule has 0 amide bonds. The number of hydrogen-bond acceptors (Lipinski definition) is 3. The standard InChI is InChI=1S/C11H12ClFN4/c1-17-5-4-15-11(17)10(16-14)8-6-7(12)2-3-9(8)13/h2-6,10,16H,14H2,1H3. The van der Waals surface area contributed by atoms with Crippen molar-refractivity contribution in [1.82, 2.24) is 15.0 Å². The minimum Gasteiger partial charge on any atom is -0.336 e. The minimum atomic E-state index is -0.534. The highest BCUT2D eigenvalue weighted by atomic mass is 35.5. The molecule has 1 aromatic carbocycles. The van der Waals surface area contributed by atoms with Crippen LogP contribution in [0, 0.1) is 5.82 Å². The van der Waals surface area contributed by atoms with Gasteiger partial charge in [0, 0.05) is 30.0 Å². The van der Waals surface area contributed by atoms with E-state index in [-0.39, 0.29) is 5.82 Å². The maximum atomic E-state index is 13.7. The molecular weight excluding hydrogens is 243 g/mol. The number of hydrogen-bond donors (Lipinski definition) is 2.